The summed E-state index contributed by atoms with van der Waals surface area (Å²) in [5.41, 5.74) is 22.0. The van der Waals surface area contributed by atoms with Crippen molar-refractivity contribution < 1.29 is 0 Å². The van der Waals surface area contributed by atoms with E-state index in [1.165, 1.54) is 77.2 Å². The lowest BCUT2D eigenvalue weighted by Crippen LogP contribution is -2.41. The standard InChI is InChI=1S/C37H32/c1-19-20(2)22(4)34(23(5)21(19)3)25-12-13-26-29-14-15-30-27-10-6-8-24-9-7-11-28(35(24)27)31-16-17-32(33(26)18-25)36(29)37(30)31/h6-15,18,24,35H,16-17H2,1-5H3. The summed E-state index contributed by atoms with van der Waals surface area (Å²) >= 11 is 0. The van der Waals surface area contributed by atoms with E-state index in [4.69, 9.17) is 0 Å². The maximum atomic E-state index is 2.51. The molecule has 5 aliphatic carbocycles. The summed E-state index contributed by atoms with van der Waals surface area (Å²) in [5.74, 6) is 0.985. The quantitative estimate of drug-likeness (QED) is 0.337. The number of hydrogen-bond donors (Lipinski definition) is 0. The van der Waals surface area contributed by atoms with Gasteiger partial charge in [-0.15, -0.1) is 0 Å². The van der Waals surface area contributed by atoms with Crippen LogP contribution in [0.25, 0.3) is 39.0 Å². The molecule has 0 fully saturated rings. The van der Waals surface area contributed by atoms with Gasteiger partial charge in [-0.25, -0.2) is 0 Å². The number of allylic oxidation sites excluding steroid dienone is 8. The molecule has 0 aliphatic heterocycles. The van der Waals surface area contributed by atoms with Gasteiger partial charge in [-0.1, -0.05) is 60.7 Å². The Morgan fingerprint density at radius 1 is 0.568 bits per heavy atom. The smallest absolute Gasteiger partial charge is 0.0196 e. The van der Waals surface area contributed by atoms with Crippen LogP contribution in [0.3, 0.4) is 0 Å². The lowest BCUT2D eigenvalue weighted by molar-refractivity contribution is 0.646. The summed E-state index contributed by atoms with van der Waals surface area (Å²) in [6, 6.07) is 12.1. The molecule has 0 amide bonds. The van der Waals surface area contributed by atoms with Crippen LogP contribution in [0.2, 0.25) is 0 Å². The molecule has 2 atom stereocenters. The third kappa shape index (κ3) is 2.59. The van der Waals surface area contributed by atoms with Crippen molar-refractivity contribution in [2.45, 2.75) is 47.5 Å². The van der Waals surface area contributed by atoms with Crippen molar-refractivity contribution in [3.05, 3.63) is 122 Å². The van der Waals surface area contributed by atoms with Gasteiger partial charge in [0.05, 0.1) is 0 Å². The van der Waals surface area contributed by atoms with E-state index in [1.54, 1.807) is 16.7 Å². The van der Waals surface area contributed by atoms with Crippen molar-refractivity contribution in [1.29, 1.82) is 0 Å². The highest BCUT2D eigenvalue weighted by Gasteiger charge is 2.38. The highest BCUT2D eigenvalue weighted by molar-refractivity contribution is 5.97. The maximum Gasteiger partial charge on any atom is 0.0196 e. The molecule has 0 radical (unpaired) electrons. The number of benzene rings is 3. The highest BCUT2D eigenvalue weighted by atomic mass is 14.4. The SMILES string of the molecule is Cc1c(C)c(C)c(-c2ccc3c(c2)C2=c4c-3ccc3c4=C(CC2)C2=CC=CC4C=CC=C3C24)c(C)c1C. The zero-order valence-electron chi connectivity index (χ0n) is 22.4. The average Bonchev–Trinajstić information content (AvgIpc) is 3.25. The second kappa shape index (κ2) is 7.23. The third-order valence-corrected chi connectivity index (χ3v) is 10.3. The van der Waals surface area contributed by atoms with Gasteiger partial charge in [0.15, 0.2) is 0 Å². The van der Waals surface area contributed by atoms with Crippen molar-refractivity contribution in [2.75, 3.05) is 0 Å². The first-order valence-corrected chi connectivity index (χ1v) is 13.8. The Morgan fingerprint density at radius 2 is 1.16 bits per heavy atom. The first-order valence-electron chi connectivity index (χ1n) is 13.8. The fraction of sp³-hybridized carbons (Fsp3) is 0.243. The van der Waals surface area contributed by atoms with Crippen LogP contribution >= 0.6 is 0 Å². The van der Waals surface area contributed by atoms with E-state index in [0.717, 1.165) is 12.8 Å². The Morgan fingerprint density at radius 3 is 1.92 bits per heavy atom. The topological polar surface area (TPSA) is 0 Å². The number of hydrogen-bond acceptors (Lipinski definition) is 0. The number of rotatable bonds is 1. The predicted molar refractivity (Wildman–Crippen MR) is 157 cm³/mol. The Kier molecular flexibility index (Phi) is 4.19. The Balaban J connectivity index is 1.42. The van der Waals surface area contributed by atoms with Crippen molar-refractivity contribution in [3.8, 4) is 22.3 Å². The molecule has 0 N–H and O–H groups in total. The number of fused-ring (bicyclic) bond motifs is 5. The molecule has 0 heterocycles. The molecule has 0 spiro atoms. The average molecular weight is 477 g/mol. The summed E-state index contributed by atoms with van der Waals surface area (Å²) in [7, 11) is 0. The summed E-state index contributed by atoms with van der Waals surface area (Å²) in [6.45, 7) is 11.4. The minimum atomic E-state index is 0.492. The Bertz CT molecular complexity index is 1830. The molecule has 2 unspecified atom stereocenters. The highest BCUT2D eigenvalue weighted by Crippen LogP contribution is 2.49. The molecule has 0 saturated heterocycles. The first-order chi connectivity index (χ1) is 18.0. The van der Waals surface area contributed by atoms with Crippen LogP contribution in [-0.4, -0.2) is 0 Å². The Labute approximate surface area is 219 Å². The second-order valence-corrected chi connectivity index (χ2v) is 11.7. The zero-order valence-corrected chi connectivity index (χ0v) is 22.4. The molecule has 0 bridgehead atoms. The van der Waals surface area contributed by atoms with Crippen LogP contribution in [0.4, 0.5) is 0 Å². The first kappa shape index (κ1) is 21.4. The molecule has 0 saturated carbocycles. The van der Waals surface area contributed by atoms with Crippen LogP contribution < -0.4 is 10.4 Å². The van der Waals surface area contributed by atoms with Gasteiger partial charge in [0.2, 0.25) is 0 Å². The minimum absolute atomic E-state index is 0.492. The van der Waals surface area contributed by atoms with Gasteiger partial charge < -0.3 is 0 Å². The molecule has 0 heteroatoms. The molecular weight excluding hydrogens is 444 g/mol. The zero-order chi connectivity index (χ0) is 25.2. The second-order valence-electron chi connectivity index (χ2n) is 11.7. The summed E-state index contributed by atoms with van der Waals surface area (Å²) in [5, 5.41) is 3.06. The van der Waals surface area contributed by atoms with Crippen LogP contribution in [0.1, 0.15) is 51.8 Å². The van der Waals surface area contributed by atoms with Gasteiger partial charge in [0.1, 0.15) is 0 Å². The molecule has 180 valence electrons. The van der Waals surface area contributed by atoms with Gasteiger partial charge in [0, 0.05) is 11.8 Å². The maximum absolute atomic E-state index is 2.51. The van der Waals surface area contributed by atoms with Gasteiger partial charge >= 0.3 is 0 Å². The van der Waals surface area contributed by atoms with E-state index in [2.05, 4.69) is 101 Å². The molecule has 3 aromatic carbocycles. The molecule has 8 rings (SSSR count). The lowest BCUT2D eigenvalue weighted by Gasteiger charge is -2.38. The van der Waals surface area contributed by atoms with Gasteiger partial charge in [-0.3, -0.25) is 0 Å². The van der Waals surface area contributed by atoms with E-state index in [-0.39, 0.29) is 0 Å². The largest absolute Gasteiger partial charge is 0.0767 e. The van der Waals surface area contributed by atoms with Gasteiger partial charge in [0.25, 0.3) is 0 Å². The lowest BCUT2D eigenvalue weighted by atomic mass is 9.65. The summed E-state index contributed by atoms with van der Waals surface area (Å²) in [4.78, 5) is 0. The van der Waals surface area contributed by atoms with E-state index in [1.807, 2.05) is 0 Å². The fourth-order valence-corrected chi connectivity index (χ4v) is 8.07. The summed E-state index contributed by atoms with van der Waals surface area (Å²) < 4.78 is 0. The summed E-state index contributed by atoms with van der Waals surface area (Å²) in [6.07, 6.45) is 16.4. The van der Waals surface area contributed by atoms with Crippen molar-refractivity contribution in [2.24, 2.45) is 11.8 Å². The van der Waals surface area contributed by atoms with Crippen LogP contribution in [0.15, 0.2) is 72.4 Å². The van der Waals surface area contributed by atoms with Crippen molar-refractivity contribution in [3.63, 3.8) is 0 Å². The normalized spacial score (nSPS) is 21.4. The van der Waals surface area contributed by atoms with Crippen LogP contribution in [0, 0.1) is 46.5 Å². The van der Waals surface area contributed by atoms with Gasteiger partial charge in [-0.05, 0) is 147 Å². The van der Waals surface area contributed by atoms with Crippen LogP contribution in [-0.2, 0) is 0 Å². The molecule has 5 aliphatic rings. The third-order valence-electron chi connectivity index (χ3n) is 10.3. The van der Waals surface area contributed by atoms with Crippen molar-refractivity contribution >= 4 is 16.7 Å². The molecule has 0 nitrogen and oxygen atoms in total. The Hall–Kier alpha value is -3.64. The predicted octanol–water partition coefficient (Wildman–Crippen LogP) is 7.72. The monoisotopic (exact) mass is 476 g/mol. The molecule has 0 aromatic heterocycles. The van der Waals surface area contributed by atoms with Crippen molar-refractivity contribution in [1.82, 2.24) is 0 Å². The molecule has 37 heavy (non-hydrogen) atoms. The van der Waals surface area contributed by atoms with E-state index in [0.29, 0.717) is 11.8 Å². The van der Waals surface area contributed by atoms with E-state index < -0.39 is 0 Å². The molecular formula is C37H32. The fourth-order valence-electron chi connectivity index (χ4n) is 8.07. The van der Waals surface area contributed by atoms with E-state index in [9.17, 15) is 0 Å². The van der Waals surface area contributed by atoms with Gasteiger partial charge in [-0.2, -0.15) is 0 Å². The minimum Gasteiger partial charge on any atom is -0.0767 e. The van der Waals surface area contributed by atoms with Crippen LogP contribution in [0.5, 0.6) is 0 Å². The molecule has 3 aromatic rings. The van der Waals surface area contributed by atoms with E-state index >= 15 is 0 Å².